The Morgan fingerprint density at radius 3 is 2.07 bits per heavy atom. The Morgan fingerprint density at radius 2 is 1.52 bits per heavy atom. The van der Waals surface area contributed by atoms with Crippen molar-refractivity contribution in [3.63, 3.8) is 0 Å². The Hall–Kier alpha value is -3.55. The minimum absolute atomic E-state index is 0.00604. The molecule has 4 amide bonds. The molecule has 1 aliphatic rings. The summed E-state index contributed by atoms with van der Waals surface area (Å²) in [5.41, 5.74) is 1.52. The van der Waals surface area contributed by atoms with Gasteiger partial charge in [0.2, 0.25) is 0 Å². The number of rotatable bonds is 5. The number of benzene rings is 2. The summed E-state index contributed by atoms with van der Waals surface area (Å²) in [6.45, 7) is -0.0647. The zero-order valence-electron chi connectivity index (χ0n) is 14.3. The Morgan fingerprint density at radius 1 is 0.926 bits per heavy atom. The lowest BCUT2D eigenvalue weighted by Gasteiger charge is -2.13. The van der Waals surface area contributed by atoms with Crippen molar-refractivity contribution in [2.45, 2.75) is 13.2 Å². The molecule has 0 spiro atoms. The number of ether oxygens (including phenoxy) is 1. The summed E-state index contributed by atoms with van der Waals surface area (Å²) in [4.78, 5) is 48.8. The van der Waals surface area contributed by atoms with Gasteiger partial charge in [0.25, 0.3) is 0 Å². The van der Waals surface area contributed by atoms with E-state index in [1.165, 1.54) is 43.4 Å². The van der Waals surface area contributed by atoms with Crippen molar-refractivity contribution in [2.24, 2.45) is 0 Å². The molecule has 0 atom stereocenters. The molecule has 2 aromatic carbocycles. The Labute approximate surface area is 153 Å². The van der Waals surface area contributed by atoms with Gasteiger partial charge < -0.3 is 4.74 Å². The summed E-state index contributed by atoms with van der Waals surface area (Å²) in [6.07, 6.45) is 0. The lowest BCUT2D eigenvalue weighted by molar-refractivity contribution is -0.143. The fourth-order valence-corrected chi connectivity index (χ4v) is 2.49. The average molecular weight is 370 g/mol. The second kappa shape index (κ2) is 7.36. The first-order chi connectivity index (χ1) is 12.9. The highest BCUT2D eigenvalue weighted by atomic mass is 19.1. The summed E-state index contributed by atoms with van der Waals surface area (Å²) >= 11 is 0. The molecule has 1 saturated heterocycles. The molecule has 0 N–H and O–H groups in total. The number of esters is 1. The van der Waals surface area contributed by atoms with Gasteiger partial charge in [-0.15, -0.1) is 0 Å². The summed E-state index contributed by atoms with van der Waals surface area (Å²) in [6, 6.07) is 11.0. The van der Waals surface area contributed by atoms with Gasteiger partial charge in [-0.2, -0.15) is 0 Å². The molecule has 1 fully saturated rings. The molecule has 0 aromatic heterocycles. The molecular formula is C19H15FN2O5. The Kier molecular flexibility index (Phi) is 4.98. The third-order valence-electron chi connectivity index (χ3n) is 4.06. The highest BCUT2D eigenvalue weighted by Gasteiger charge is 2.41. The van der Waals surface area contributed by atoms with Gasteiger partial charge >= 0.3 is 23.8 Å². The first-order valence-electron chi connectivity index (χ1n) is 8.01. The van der Waals surface area contributed by atoms with Crippen LogP contribution in [0.1, 0.15) is 21.5 Å². The maximum atomic E-state index is 12.9. The number of carbonyl (C=O) groups is 4. The van der Waals surface area contributed by atoms with Crippen molar-refractivity contribution < 1.29 is 28.3 Å². The maximum Gasteiger partial charge on any atom is 0.338 e. The van der Waals surface area contributed by atoms with Crippen molar-refractivity contribution in [3.8, 4) is 0 Å². The number of halogens is 1. The fraction of sp³-hybridized carbons (Fsp3) is 0.158. The van der Waals surface area contributed by atoms with Gasteiger partial charge in [0.05, 0.1) is 12.1 Å². The molecule has 7 nitrogen and oxygen atoms in total. The van der Waals surface area contributed by atoms with Crippen LogP contribution >= 0.6 is 0 Å². The normalized spacial score (nSPS) is 14.1. The molecule has 1 aliphatic heterocycles. The van der Waals surface area contributed by atoms with Crippen molar-refractivity contribution >= 4 is 23.8 Å². The lowest BCUT2D eigenvalue weighted by Crippen LogP contribution is -2.31. The molecule has 2 aromatic rings. The van der Waals surface area contributed by atoms with E-state index in [-0.39, 0.29) is 24.5 Å². The van der Waals surface area contributed by atoms with Crippen LogP contribution in [-0.2, 0) is 27.5 Å². The number of likely N-dealkylation sites (N-methyl/N-ethyl adjacent to an activating group) is 1. The first kappa shape index (κ1) is 18.2. The van der Waals surface area contributed by atoms with Gasteiger partial charge in [-0.25, -0.2) is 14.0 Å². The van der Waals surface area contributed by atoms with Crippen LogP contribution in [0, 0.1) is 5.82 Å². The fourth-order valence-electron chi connectivity index (χ4n) is 2.49. The average Bonchev–Trinajstić information content (AvgIpc) is 2.86. The van der Waals surface area contributed by atoms with Crippen molar-refractivity contribution in [1.82, 2.24) is 9.80 Å². The predicted octanol–water partition coefficient (Wildman–Crippen LogP) is 2.10. The zero-order valence-corrected chi connectivity index (χ0v) is 14.3. The van der Waals surface area contributed by atoms with Crippen LogP contribution in [0.15, 0.2) is 48.5 Å². The van der Waals surface area contributed by atoms with Gasteiger partial charge in [-0.05, 0) is 35.4 Å². The van der Waals surface area contributed by atoms with Crippen LogP contribution < -0.4 is 0 Å². The second-order valence-corrected chi connectivity index (χ2v) is 5.94. The standard InChI is InChI=1S/C19H15FN2O5/c1-21-16(23)17(24)22(19(21)26)10-12-2-6-14(7-3-12)18(25)27-11-13-4-8-15(20)9-5-13/h2-9H,10-11H2,1H3. The van der Waals surface area contributed by atoms with Gasteiger partial charge in [-0.3, -0.25) is 19.4 Å². The number of nitrogens with zero attached hydrogens (tertiary/aromatic N) is 2. The quantitative estimate of drug-likeness (QED) is 0.457. The van der Waals surface area contributed by atoms with Crippen molar-refractivity contribution in [1.29, 1.82) is 0 Å². The molecule has 0 radical (unpaired) electrons. The molecular weight excluding hydrogens is 355 g/mol. The summed E-state index contributed by atoms with van der Waals surface area (Å²) in [5.74, 6) is -2.69. The molecule has 0 unspecified atom stereocenters. The number of hydrogen-bond acceptors (Lipinski definition) is 5. The summed E-state index contributed by atoms with van der Waals surface area (Å²) in [7, 11) is 1.24. The molecule has 1 heterocycles. The van der Waals surface area contributed by atoms with Crippen LogP contribution in [0.4, 0.5) is 9.18 Å². The van der Waals surface area contributed by atoms with Crippen LogP contribution in [0.5, 0.6) is 0 Å². The number of hydrogen-bond donors (Lipinski definition) is 0. The minimum Gasteiger partial charge on any atom is -0.457 e. The van der Waals surface area contributed by atoms with Crippen LogP contribution in [0.3, 0.4) is 0 Å². The van der Waals surface area contributed by atoms with E-state index in [1.54, 1.807) is 12.1 Å². The van der Waals surface area contributed by atoms with E-state index in [0.717, 1.165) is 9.80 Å². The minimum atomic E-state index is -0.884. The molecule has 0 bridgehead atoms. The number of amides is 4. The van der Waals surface area contributed by atoms with Crippen molar-refractivity contribution in [3.05, 3.63) is 71.0 Å². The smallest absolute Gasteiger partial charge is 0.338 e. The highest BCUT2D eigenvalue weighted by Crippen LogP contribution is 2.15. The molecule has 0 aliphatic carbocycles. The maximum absolute atomic E-state index is 12.9. The second-order valence-electron chi connectivity index (χ2n) is 5.94. The molecule has 27 heavy (non-hydrogen) atoms. The zero-order chi connectivity index (χ0) is 19.6. The highest BCUT2D eigenvalue weighted by molar-refractivity contribution is 6.44. The summed E-state index contributed by atoms with van der Waals surface area (Å²) in [5, 5.41) is 0. The number of imide groups is 2. The molecule has 138 valence electrons. The van der Waals surface area contributed by atoms with Gasteiger partial charge in [-0.1, -0.05) is 24.3 Å². The number of urea groups is 1. The Bertz CT molecular complexity index is 909. The van der Waals surface area contributed by atoms with E-state index in [1.807, 2.05) is 0 Å². The van der Waals surface area contributed by atoms with Crippen molar-refractivity contribution in [2.75, 3.05) is 7.05 Å². The largest absolute Gasteiger partial charge is 0.457 e. The van der Waals surface area contributed by atoms with Crippen LogP contribution in [0.2, 0.25) is 0 Å². The SMILES string of the molecule is CN1C(=O)C(=O)N(Cc2ccc(C(=O)OCc3ccc(F)cc3)cc2)C1=O. The van der Waals surface area contributed by atoms with Crippen LogP contribution in [0.25, 0.3) is 0 Å². The van der Waals surface area contributed by atoms with E-state index in [9.17, 15) is 23.6 Å². The van der Waals surface area contributed by atoms with Gasteiger partial charge in [0.1, 0.15) is 12.4 Å². The third kappa shape index (κ3) is 3.84. The lowest BCUT2D eigenvalue weighted by atomic mass is 10.1. The van der Waals surface area contributed by atoms with E-state index in [2.05, 4.69) is 0 Å². The first-order valence-corrected chi connectivity index (χ1v) is 8.01. The van der Waals surface area contributed by atoms with Gasteiger partial charge in [0.15, 0.2) is 0 Å². The predicted molar refractivity (Wildman–Crippen MR) is 90.7 cm³/mol. The van der Waals surface area contributed by atoms with Crippen LogP contribution in [-0.4, -0.2) is 40.7 Å². The van der Waals surface area contributed by atoms with Gasteiger partial charge in [0, 0.05) is 7.05 Å². The summed E-state index contributed by atoms with van der Waals surface area (Å²) < 4.78 is 18.0. The van der Waals surface area contributed by atoms with E-state index in [4.69, 9.17) is 4.74 Å². The monoisotopic (exact) mass is 370 g/mol. The molecule has 0 saturated carbocycles. The van der Waals surface area contributed by atoms with E-state index in [0.29, 0.717) is 11.1 Å². The number of carbonyl (C=O) groups excluding carboxylic acids is 4. The molecule has 3 rings (SSSR count). The Balaban J connectivity index is 1.60. The van der Waals surface area contributed by atoms with E-state index >= 15 is 0 Å². The van der Waals surface area contributed by atoms with E-state index < -0.39 is 23.8 Å². The third-order valence-corrected chi connectivity index (χ3v) is 4.06. The topological polar surface area (TPSA) is 84.0 Å². The molecule has 8 heteroatoms.